The van der Waals surface area contributed by atoms with Crippen LogP contribution in [0.5, 0.6) is 11.5 Å². The molecule has 0 unspecified atom stereocenters. The van der Waals surface area contributed by atoms with Crippen LogP contribution in [-0.2, 0) is 40.8 Å². The van der Waals surface area contributed by atoms with Gasteiger partial charge in [0.2, 0.25) is 17.7 Å². The van der Waals surface area contributed by atoms with Crippen LogP contribution in [0.4, 0.5) is 5.69 Å². The van der Waals surface area contributed by atoms with Gasteiger partial charge < -0.3 is 29.5 Å². The Hall–Kier alpha value is -7.18. The predicted molar refractivity (Wildman–Crippen MR) is 234 cm³/mol. The van der Waals surface area contributed by atoms with Gasteiger partial charge in [0.25, 0.3) is 5.91 Å². The lowest BCUT2D eigenvalue weighted by Gasteiger charge is -2.55. The molecule has 1 aromatic heterocycles. The van der Waals surface area contributed by atoms with E-state index in [4.69, 9.17) is 4.74 Å². The molecule has 2 saturated heterocycles. The van der Waals surface area contributed by atoms with E-state index in [1.54, 1.807) is 81.5 Å². The number of aryl methyl sites for hydroxylation is 2. The fourth-order valence-corrected chi connectivity index (χ4v) is 8.56. The molecule has 3 heterocycles. The Morgan fingerprint density at radius 1 is 0.885 bits per heavy atom. The molecule has 2 aliphatic rings. The van der Waals surface area contributed by atoms with Gasteiger partial charge in [-0.15, -0.1) is 6.58 Å². The van der Waals surface area contributed by atoms with Crippen LogP contribution >= 0.6 is 0 Å². The number of amides is 4. The number of hydrazine groups is 1. The van der Waals surface area contributed by atoms with E-state index < -0.39 is 12.2 Å². The molecule has 0 aliphatic carbocycles. The maximum Gasteiger partial charge on any atom is 0.255 e. The summed E-state index contributed by atoms with van der Waals surface area (Å²) in [6.07, 6.45) is 3.94. The van der Waals surface area contributed by atoms with E-state index in [1.165, 1.54) is 0 Å². The van der Waals surface area contributed by atoms with Gasteiger partial charge in [-0.2, -0.15) is 0 Å². The maximum atomic E-state index is 14.8. The number of rotatable bonds is 13. The molecule has 8 rings (SSSR count). The second-order valence-electron chi connectivity index (χ2n) is 15.5. The highest BCUT2D eigenvalue weighted by Gasteiger charge is 2.51. The van der Waals surface area contributed by atoms with Crippen molar-refractivity contribution in [1.82, 2.24) is 24.4 Å². The second kappa shape index (κ2) is 17.6. The number of hydrogen-bond donors (Lipinski definition) is 2. The number of methoxy groups -OCH3 is 1. The molecule has 0 bridgehead atoms. The summed E-state index contributed by atoms with van der Waals surface area (Å²) < 4.78 is 7.27. The zero-order valence-corrected chi connectivity index (χ0v) is 34.2. The number of para-hydroxylation sites is 1. The summed E-state index contributed by atoms with van der Waals surface area (Å²) in [6.45, 7) is 4.47. The monoisotopic (exact) mass is 816 g/mol. The summed E-state index contributed by atoms with van der Waals surface area (Å²) in [5.41, 5.74) is 6.79. The summed E-state index contributed by atoms with van der Waals surface area (Å²) in [7, 11) is 3.56. The zero-order valence-electron chi connectivity index (χ0n) is 34.2. The Labute approximate surface area is 354 Å². The number of anilines is 1. The standard InChI is InChI=1S/C49H48N6O6/c1-4-27-53-32-46(58)54-43(28-34-13-22-39(56)23-14-34)49(60)52(31-44(54)55(53)45(57)26-15-33-9-6-5-7-10-33)29-37-11-8-12-41-42(30-51(2)47(37)41)35-16-20-38(21-17-35)50-48(59)36-18-24-40(61-3)25-19-36/h4-14,16-25,30,43-44,56H,1,15,26-29,31-32H2,2-3H3,(H,50,59)/t43-,44-/m0/s1. The number of nitrogens with zero attached hydrogens (tertiary/aromatic N) is 5. The number of nitrogens with one attached hydrogen (secondary N) is 1. The smallest absolute Gasteiger partial charge is 0.255 e. The van der Waals surface area contributed by atoms with Crippen LogP contribution in [0.25, 0.3) is 22.0 Å². The van der Waals surface area contributed by atoms with E-state index in [0.717, 1.165) is 38.7 Å². The lowest BCUT2D eigenvalue weighted by atomic mass is 9.97. The third kappa shape index (κ3) is 8.48. The summed E-state index contributed by atoms with van der Waals surface area (Å²) in [5, 5.41) is 17.4. The third-order valence-electron chi connectivity index (χ3n) is 11.5. The third-order valence-corrected chi connectivity index (χ3v) is 11.5. The fraction of sp³-hybridized carbons (Fsp3) is 0.224. The number of benzene rings is 5. The largest absolute Gasteiger partial charge is 0.508 e. The maximum absolute atomic E-state index is 14.8. The van der Waals surface area contributed by atoms with Gasteiger partial charge in [-0.25, -0.2) is 10.0 Å². The lowest BCUT2D eigenvalue weighted by molar-refractivity contribution is -0.205. The molecule has 5 aromatic carbocycles. The number of aromatic nitrogens is 1. The van der Waals surface area contributed by atoms with Gasteiger partial charge in [0, 0.05) is 61.4 Å². The molecule has 4 amide bonds. The van der Waals surface area contributed by atoms with Gasteiger partial charge in [0.05, 0.1) is 25.7 Å². The van der Waals surface area contributed by atoms with Crippen molar-refractivity contribution in [3.8, 4) is 22.6 Å². The van der Waals surface area contributed by atoms with Crippen molar-refractivity contribution in [1.29, 1.82) is 0 Å². The summed E-state index contributed by atoms with van der Waals surface area (Å²) in [4.78, 5) is 59.5. The zero-order chi connectivity index (χ0) is 42.6. The van der Waals surface area contributed by atoms with Gasteiger partial charge in [0.15, 0.2) is 0 Å². The SMILES string of the molecule is C=CCN1CC(=O)N2[C@@H](Cc3ccc(O)cc3)C(=O)N(Cc3cccc4c(-c5ccc(NC(=O)c6ccc(OC)cc6)cc5)cn(C)c34)C[C@@H]2N1C(=O)CCc1ccccc1. The molecule has 0 radical (unpaired) electrons. The molecule has 12 heteroatoms. The van der Waals surface area contributed by atoms with Gasteiger partial charge >= 0.3 is 0 Å². The molecule has 310 valence electrons. The first-order valence-corrected chi connectivity index (χ1v) is 20.3. The molecule has 6 aromatic rings. The number of aromatic hydroxyl groups is 1. The highest BCUT2D eigenvalue weighted by Crippen LogP contribution is 2.35. The quantitative estimate of drug-likeness (QED) is 0.123. The Morgan fingerprint density at radius 3 is 2.33 bits per heavy atom. The average molecular weight is 817 g/mol. The normalized spacial score (nSPS) is 16.7. The number of carbonyl (C=O) groups is 4. The van der Waals surface area contributed by atoms with Crippen molar-refractivity contribution in [2.45, 2.75) is 38.0 Å². The van der Waals surface area contributed by atoms with Crippen LogP contribution in [0.15, 0.2) is 140 Å². The van der Waals surface area contributed by atoms with Crippen molar-refractivity contribution in [2.24, 2.45) is 7.05 Å². The van der Waals surface area contributed by atoms with Gasteiger partial charge in [-0.05, 0) is 77.2 Å². The van der Waals surface area contributed by atoms with Gasteiger partial charge in [-0.1, -0.05) is 78.9 Å². The Balaban J connectivity index is 1.09. The minimum Gasteiger partial charge on any atom is -0.508 e. The molecular formula is C49H48N6O6. The number of piperazine rings is 1. The minimum absolute atomic E-state index is 0.0690. The summed E-state index contributed by atoms with van der Waals surface area (Å²) >= 11 is 0. The molecule has 12 nitrogen and oxygen atoms in total. The molecule has 2 fully saturated rings. The van der Waals surface area contributed by atoms with E-state index in [1.807, 2.05) is 73.8 Å². The van der Waals surface area contributed by atoms with E-state index in [9.17, 15) is 24.3 Å². The van der Waals surface area contributed by atoms with Crippen molar-refractivity contribution in [3.05, 3.63) is 162 Å². The first kappa shape index (κ1) is 40.6. The van der Waals surface area contributed by atoms with Crippen LogP contribution in [0.3, 0.4) is 0 Å². The topological polar surface area (TPSA) is 128 Å². The van der Waals surface area contributed by atoms with Crippen molar-refractivity contribution in [3.63, 3.8) is 0 Å². The second-order valence-corrected chi connectivity index (χ2v) is 15.5. The van der Waals surface area contributed by atoms with E-state index in [-0.39, 0.29) is 68.4 Å². The number of carbonyl (C=O) groups excluding carboxylic acids is 4. The minimum atomic E-state index is -0.891. The number of hydrogen-bond acceptors (Lipinski definition) is 7. The first-order chi connectivity index (χ1) is 29.6. The Bertz CT molecular complexity index is 2570. The van der Waals surface area contributed by atoms with Crippen molar-refractivity contribution in [2.75, 3.05) is 32.1 Å². The predicted octanol–water partition coefficient (Wildman–Crippen LogP) is 6.80. The number of phenols is 1. The fourth-order valence-electron chi connectivity index (χ4n) is 8.56. The van der Waals surface area contributed by atoms with Crippen LogP contribution in [0, 0.1) is 0 Å². The van der Waals surface area contributed by atoms with Gasteiger partial charge in [-0.3, -0.25) is 19.2 Å². The lowest BCUT2D eigenvalue weighted by Crippen LogP contribution is -2.75. The molecule has 2 N–H and O–H groups in total. The number of fused-ring (bicyclic) bond motifs is 2. The Kier molecular flexibility index (Phi) is 11.7. The molecule has 0 saturated carbocycles. The van der Waals surface area contributed by atoms with E-state index in [0.29, 0.717) is 23.4 Å². The van der Waals surface area contributed by atoms with Crippen LogP contribution in [0.1, 0.15) is 33.5 Å². The van der Waals surface area contributed by atoms with Crippen LogP contribution in [0.2, 0.25) is 0 Å². The van der Waals surface area contributed by atoms with Crippen molar-refractivity contribution >= 4 is 40.2 Å². The van der Waals surface area contributed by atoms with Gasteiger partial charge in [0.1, 0.15) is 23.7 Å². The highest BCUT2D eigenvalue weighted by atomic mass is 16.5. The molecular weight excluding hydrogens is 769 g/mol. The van der Waals surface area contributed by atoms with Crippen LogP contribution < -0.4 is 10.1 Å². The first-order valence-electron chi connectivity index (χ1n) is 20.3. The van der Waals surface area contributed by atoms with E-state index >= 15 is 0 Å². The average Bonchev–Trinajstić information content (AvgIpc) is 3.62. The number of ether oxygens (including phenoxy) is 1. The molecule has 2 aliphatic heterocycles. The highest BCUT2D eigenvalue weighted by molar-refractivity contribution is 6.05. The summed E-state index contributed by atoms with van der Waals surface area (Å²) in [5.74, 6) is -0.0536. The summed E-state index contributed by atoms with van der Waals surface area (Å²) in [6, 6.07) is 36.2. The van der Waals surface area contributed by atoms with Crippen molar-refractivity contribution < 1.29 is 29.0 Å². The molecule has 61 heavy (non-hydrogen) atoms. The van der Waals surface area contributed by atoms with Crippen LogP contribution in [-0.4, -0.2) is 92.1 Å². The Morgan fingerprint density at radius 2 is 1.62 bits per heavy atom. The van der Waals surface area contributed by atoms with E-state index in [2.05, 4.69) is 28.7 Å². The number of phenolic OH excluding ortho intramolecular Hbond substituents is 1. The molecule has 2 atom stereocenters. The molecule has 0 spiro atoms.